The van der Waals surface area contributed by atoms with Gasteiger partial charge in [0.1, 0.15) is 12.1 Å². The number of rotatable bonds is 3. The molecule has 3 aromatic rings. The summed E-state index contributed by atoms with van der Waals surface area (Å²) in [6.45, 7) is 0. The number of hydrogen-bond acceptors (Lipinski definition) is 4. The highest BCUT2D eigenvalue weighted by atomic mass is 32.1. The van der Waals surface area contributed by atoms with Gasteiger partial charge in [0.2, 0.25) is 0 Å². The molecule has 0 aliphatic carbocycles. The highest BCUT2D eigenvalue weighted by Gasteiger charge is 2.06. The molecule has 0 bridgehead atoms. The van der Waals surface area contributed by atoms with Gasteiger partial charge in [0.15, 0.2) is 0 Å². The molecule has 0 unspecified atom stereocenters. The number of furan rings is 1. The highest BCUT2D eigenvalue weighted by molar-refractivity contribution is 7.09. The van der Waals surface area contributed by atoms with Crippen molar-refractivity contribution in [2.45, 2.75) is 6.42 Å². The Morgan fingerprint density at radius 3 is 3.12 bits per heavy atom. The van der Waals surface area contributed by atoms with E-state index in [4.69, 9.17) is 4.42 Å². The molecule has 0 fully saturated rings. The van der Waals surface area contributed by atoms with E-state index in [2.05, 4.69) is 15.0 Å². The fourth-order valence-corrected chi connectivity index (χ4v) is 2.14. The molecular formula is C11H9N3OS. The van der Waals surface area contributed by atoms with E-state index >= 15 is 0 Å². The first kappa shape index (κ1) is 9.35. The standard InChI is InChI=1S/C11H9N3OS/c1-3-15-7-8(1)11-13-6-9(14-11)5-10-12-2-4-16-10/h1-4,6-7H,5H2,(H,13,14). The van der Waals surface area contributed by atoms with Crippen LogP contribution < -0.4 is 0 Å². The summed E-state index contributed by atoms with van der Waals surface area (Å²) in [5, 5.41) is 3.06. The Balaban J connectivity index is 1.83. The van der Waals surface area contributed by atoms with Gasteiger partial charge in [-0.05, 0) is 6.07 Å². The number of nitrogens with one attached hydrogen (secondary N) is 1. The van der Waals surface area contributed by atoms with Crippen molar-refractivity contribution in [2.75, 3.05) is 0 Å². The van der Waals surface area contributed by atoms with Crippen molar-refractivity contribution in [1.82, 2.24) is 15.0 Å². The number of aromatic nitrogens is 3. The van der Waals surface area contributed by atoms with E-state index in [1.165, 1.54) is 0 Å². The molecule has 16 heavy (non-hydrogen) atoms. The van der Waals surface area contributed by atoms with Gasteiger partial charge < -0.3 is 9.40 Å². The largest absolute Gasteiger partial charge is 0.472 e. The normalized spacial score (nSPS) is 10.8. The monoisotopic (exact) mass is 231 g/mol. The van der Waals surface area contributed by atoms with Gasteiger partial charge in [-0.1, -0.05) is 0 Å². The molecule has 80 valence electrons. The van der Waals surface area contributed by atoms with Crippen LogP contribution in [0.5, 0.6) is 0 Å². The van der Waals surface area contributed by atoms with Crippen molar-refractivity contribution in [1.29, 1.82) is 0 Å². The Morgan fingerprint density at radius 2 is 2.38 bits per heavy atom. The average Bonchev–Trinajstić information content (AvgIpc) is 2.99. The molecule has 0 amide bonds. The van der Waals surface area contributed by atoms with E-state index in [0.29, 0.717) is 0 Å². The van der Waals surface area contributed by atoms with Crippen LogP contribution in [-0.2, 0) is 6.42 Å². The number of aromatic amines is 1. The maximum Gasteiger partial charge on any atom is 0.140 e. The number of hydrogen-bond donors (Lipinski definition) is 1. The summed E-state index contributed by atoms with van der Waals surface area (Å²) in [4.78, 5) is 11.8. The van der Waals surface area contributed by atoms with Crippen LogP contribution in [0, 0.1) is 0 Å². The molecule has 0 radical (unpaired) electrons. The molecule has 3 heterocycles. The molecule has 0 saturated carbocycles. The Labute approximate surface area is 96.0 Å². The summed E-state index contributed by atoms with van der Waals surface area (Å²) in [5.74, 6) is 0.834. The lowest BCUT2D eigenvalue weighted by atomic mass is 10.3. The molecule has 5 heteroatoms. The first-order valence-electron chi connectivity index (χ1n) is 4.86. The molecule has 0 aromatic carbocycles. The van der Waals surface area contributed by atoms with Gasteiger partial charge in [0.05, 0.1) is 16.8 Å². The zero-order chi connectivity index (χ0) is 10.8. The lowest BCUT2D eigenvalue weighted by molar-refractivity contribution is 0.568. The summed E-state index contributed by atoms with van der Waals surface area (Å²) in [6.07, 6.45) is 7.75. The van der Waals surface area contributed by atoms with Crippen molar-refractivity contribution in [3.8, 4) is 11.4 Å². The van der Waals surface area contributed by atoms with Gasteiger partial charge in [-0.25, -0.2) is 9.97 Å². The third kappa shape index (κ3) is 1.77. The third-order valence-electron chi connectivity index (χ3n) is 2.25. The summed E-state index contributed by atoms with van der Waals surface area (Å²) in [7, 11) is 0. The second-order valence-corrected chi connectivity index (χ2v) is 4.35. The Hall–Kier alpha value is -1.88. The molecule has 1 N–H and O–H groups in total. The van der Waals surface area contributed by atoms with Crippen LogP contribution in [0.3, 0.4) is 0 Å². The van der Waals surface area contributed by atoms with E-state index in [9.17, 15) is 0 Å². The molecule has 0 spiro atoms. The van der Waals surface area contributed by atoms with E-state index in [1.807, 2.05) is 23.8 Å². The SMILES string of the molecule is c1csc(Cc2cnc(-c3ccoc3)[nH]2)n1. The minimum atomic E-state index is 0.794. The molecule has 0 atom stereocenters. The van der Waals surface area contributed by atoms with E-state index in [0.717, 1.165) is 28.5 Å². The van der Waals surface area contributed by atoms with Gasteiger partial charge in [-0.3, -0.25) is 0 Å². The summed E-state index contributed by atoms with van der Waals surface area (Å²) >= 11 is 1.65. The first-order valence-corrected chi connectivity index (χ1v) is 5.74. The molecule has 3 aromatic heterocycles. The maximum absolute atomic E-state index is 5.01. The molecule has 0 aliphatic rings. The Kier molecular flexibility index (Phi) is 2.30. The van der Waals surface area contributed by atoms with Gasteiger partial charge in [0, 0.05) is 29.9 Å². The maximum atomic E-state index is 5.01. The van der Waals surface area contributed by atoms with E-state index in [1.54, 1.807) is 23.9 Å². The molecule has 0 aliphatic heterocycles. The van der Waals surface area contributed by atoms with Crippen molar-refractivity contribution >= 4 is 11.3 Å². The zero-order valence-electron chi connectivity index (χ0n) is 8.38. The Morgan fingerprint density at radius 1 is 1.38 bits per heavy atom. The van der Waals surface area contributed by atoms with Crippen LogP contribution >= 0.6 is 11.3 Å². The molecular weight excluding hydrogens is 222 g/mol. The average molecular weight is 231 g/mol. The summed E-state index contributed by atoms with van der Waals surface area (Å²) < 4.78 is 5.01. The summed E-state index contributed by atoms with van der Waals surface area (Å²) in [6, 6.07) is 1.88. The lowest BCUT2D eigenvalue weighted by Crippen LogP contribution is -1.86. The topological polar surface area (TPSA) is 54.7 Å². The van der Waals surface area contributed by atoms with Crippen LogP contribution in [-0.4, -0.2) is 15.0 Å². The third-order valence-corrected chi connectivity index (χ3v) is 3.03. The van der Waals surface area contributed by atoms with Crippen molar-refractivity contribution in [2.24, 2.45) is 0 Å². The first-order chi connectivity index (χ1) is 7.92. The summed E-state index contributed by atoms with van der Waals surface area (Å²) in [5.41, 5.74) is 2.02. The highest BCUT2D eigenvalue weighted by Crippen LogP contribution is 2.17. The quantitative estimate of drug-likeness (QED) is 0.754. The van der Waals surface area contributed by atoms with Crippen molar-refractivity contribution in [3.05, 3.63) is 47.1 Å². The second-order valence-electron chi connectivity index (χ2n) is 3.37. The van der Waals surface area contributed by atoms with Gasteiger partial charge in [-0.2, -0.15) is 0 Å². The predicted octanol–water partition coefficient (Wildman–Crippen LogP) is 2.72. The Bertz CT molecular complexity index is 554. The lowest BCUT2D eigenvalue weighted by Gasteiger charge is -1.91. The van der Waals surface area contributed by atoms with Crippen LogP contribution in [0.15, 0.2) is 40.8 Å². The number of H-pyrrole nitrogens is 1. The zero-order valence-corrected chi connectivity index (χ0v) is 9.20. The smallest absolute Gasteiger partial charge is 0.140 e. The predicted molar refractivity (Wildman–Crippen MR) is 61.2 cm³/mol. The number of imidazole rings is 1. The number of thiazole rings is 1. The van der Waals surface area contributed by atoms with Crippen LogP contribution in [0.25, 0.3) is 11.4 Å². The van der Waals surface area contributed by atoms with Crippen LogP contribution in [0.1, 0.15) is 10.7 Å². The van der Waals surface area contributed by atoms with Crippen molar-refractivity contribution < 1.29 is 4.42 Å². The molecule has 0 saturated heterocycles. The second kappa shape index (κ2) is 3.94. The fourth-order valence-electron chi connectivity index (χ4n) is 1.50. The molecule has 4 nitrogen and oxygen atoms in total. The fraction of sp³-hybridized carbons (Fsp3) is 0.0909. The van der Waals surface area contributed by atoms with E-state index < -0.39 is 0 Å². The number of nitrogens with zero attached hydrogens (tertiary/aromatic N) is 2. The van der Waals surface area contributed by atoms with E-state index in [-0.39, 0.29) is 0 Å². The van der Waals surface area contributed by atoms with Gasteiger partial charge in [0.25, 0.3) is 0 Å². The van der Waals surface area contributed by atoms with Crippen molar-refractivity contribution in [3.63, 3.8) is 0 Å². The van der Waals surface area contributed by atoms with Crippen LogP contribution in [0.4, 0.5) is 0 Å². The van der Waals surface area contributed by atoms with Crippen LogP contribution in [0.2, 0.25) is 0 Å². The molecule has 3 rings (SSSR count). The minimum Gasteiger partial charge on any atom is -0.472 e. The van der Waals surface area contributed by atoms with Gasteiger partial charge >= 0.3 is 0 Å². The minimum absolute atomic E-state index is 0.794. The van der Waals surface area contributed by atoms with Gasteiger partial charge in [-0.15, -0.1) is 11.3 Å².